The summed E-state index contributed by atoms with van der Waals surface area (Å²) in [6.45, 7) is 4.86. The minimum absolute atomic E-state index is 0.0373. The molecule has 1 aromatic carbocycles. The van der Waals surface area contributed by atoms with Crippen molar-refractivity contribution in [3.63, 3.8) is 0 Å². The van der Waals surface area contributed by atoms with Crippen LogP contribution in [0.1, 0.15) is 23.2 Å². The van der Waals surface area contributed by atoms with Crippen LogP contribution >= 0.6 is 0 Å². The van der Waals surface area contributed by atoms with Crippen molar-refractivity contribution in [1.29, 1.82) is 0 Å². The topological polar surface area (TPSA) is 45.9 Å². The van der Waals surface area contributed by atoms with Crippen LogP contribution in [0.2, 0.25) is 0 Å². The fourth-order valence-corrected chi connectivity index (χ4v) is 2.98. The molecule has 0 atom stereocenters. The van der Waals surface area contributed by atoms with E-state index in [9.17, 15) is 9.18 Å². The van der Waals surface area contributed by atoms with Gasteiger partial charge < -0.3 is 19.0 Å². The van der Waals surface area contributed by atoms with Gasteiger partial charge in [0.25, 0.3) is 5.91 Å². The number of nitrogens with zero attached hydrogens (tertiary/aromatic N) is 2. The van der Waals surface area contributed by atoms with Gasteiger partial charge >= 0.3 is 0 Å². The highest BCUT2D eigenvalue weighted by Gasteiger charge is 2.20. The van der Waals surface area contributed by atoms with E-state index in [1.165, 1.54) is 24.7 Å². The minimum Gasteiger partial charge on any atom is -0.494 e. The molecule has 1 amide bonds. The molecule has 1 aliphatic rings. The van der Waals surface area contributed by atoms with Crippen molar-refractivity contribution in [2.75, 3.05) is 39.3 Å². The van der Waals surface area contributed by atoms with Crippen LogP contribution in [-0.2, 0) is 0 Å². The summed E-state index contributed by atoms with van der Waals surface area (Å²) in [7, 11) is 0. The summed E-state index contributed by atoms with van der Waals surface area (Å²) in [4.78, 5) is 16.6. The van der Waals surface area contributed by atoms with Gasteiger partial charge in [0.1, 0.15) is 17.8 Å². The quantitative estimate of drug-likeness (QED) is 0.754. The third-order valence-electron chi connectivity index (χ3n) is 4.34. The molecule has 0 saturated carbocycles. The molecule has 0 aliphatic carbocycles. The Bertz CT molecular complexity index is 658. The molecule has 0 N–H and O–H groups in total. The van der Waals surface area contributed by atoms with Gasteiger partial charge in [-0.3, -0.25) is 4.79 Å². The molecule has 0 bridgehead atoms. The zero-order valence-corrected chi connectivity index (χ0v) is 14.2. The van der Waals surface area contributed by atoms with Crippen molar-refractivity contribution in [2.24, 2.45) is 0 Å². The van der Waals surface area contributed by atoms with Crippen LogP contribution in [0, 0.1) is 5.82 Å². The molecule has 134 valence electrons. The molecule has 1 saturated heterocycles. The van der Waals surface area contributed by atoms with Gasteiger partial charge in [0.05, 0.1) is 18.4 Å². The standard InChI is InChI=1S/C19H23FN2O3/c20-17-3-5-18(6-4-17)25-13-2-9-21-8-1-10-22(12-11-21)19(23)16-7-14-24-15-16/h3-7,14-15H,1-2,8-13H2. The molecule has 0 spiro atoms. The monoisotopic (exact) mass is 346 g/mol. The number of hydrogen-bond donors (Lipinski definition) is 0. The molecule has 3 rings (SSSR count). The molecule has 1 aromatic heterocycles. The maximum absolute atomic E-state index is 12.8. The van der Waals surface area contributed by atoms with Crippen LogP contribution in [0.5, 0.6) is 5.75 Å². The Balaban J connectivity index is 1.38. The van der Waals surface area contributed by atoms with Crippen molar-refractivity contribution in [2.45, 2.75) is 12.8 Å². The highest BCUT2D eigenvalue weighted by atomic mass is 19.1. The fourth-order valence-electron chi connectivity index (χ4n) is 2.98. The molecule has 1 fully saturated rings. The lowest BCUT2D eigenvalue weighted by atomic mass is 10.3. The predicted octanol–water partition coefficient (Wildman–Crippen LogP) is 3.04. The second kappa shape index (κ2) is 8.67. The van der Waals surface area contributed by atoms with Crippen LogP contribution in [0.3, 0.4) is 0 Å². The van der Waals surface area contributed by atoms with E-state index in [4.69, 9.17) is 9.15 Å². The molecule has 2 aromatic rings. The number of benzene rings is 1. The minimum atomic E-state index is -0.258. The van der Waals surface area contributed by atoms with E-state index in [-0.39, 0.29) is 11.7 Å². The highest BCUT2D eigenvalue weighted by molar-refractivity contribution is 5.93. The Labute approximate surface area is 147 Å². The van der Waals surface area contributed by atoms with Crippen LogP contribution in [0.4, 0.5) is 4.39 Å². The average molecular weight is 346 g/mol. The van der Waals surface area contributed by atoms with Gasteiger partial charge in [-0.2, -0.15) is 0 Å². The Morgan fingerprint density at radius 1 is 1.12 bits per heavy atom. The first-order valence-corrected chi connectivity index (χ1v) is 8.64. The molecular weight excluding hydrogens is 323 g/mol. The first-order chi connectivity index (χ1) is 12.2. The molecule has 1 aliphatic heterocycles. The summed E-state index contributed by atoms with van der Waals surface area (Å²) < 4.78 is 23.5. The fraction of sp³-hybridized carbons (Fsp3) is 0.421. The van der Waals surface area contributed by atoms with Crippen LogP contribution in [0.25, 0.3) is 0 Å². The van der Waals surface area contributed by atoms with Crippen LogP contribution < -0.4 is 4.74 Å². The molecule has 0 unspecified atom stereocenters. The van der Waals surface area contributed by atoms with Crippen molar-refractivity contribution in [3.8, 4) is 5.75 Å². The number of rotatable bonds is 6. The van der Waals surface area contributed by atoms with Crippen LogP contribution in [0.15, 0.2) is 47.3 Å². The molecule has 25 heavy (non-hydrogen) atoms. The Kier molecular flexibility index (Phi) is 6.06. The second-order valence-electron chi connectivity index (χ2n) is 6.16. The first kappa shape index (κ1) is 17.5. The van der Waals surface area contributed by atoms with E-state index < -0.39 is 0 Å². The summed E-state index contributed by atoms with van der Waals surface area (Å²) in [5, 5.41) is 0. The Morgan fingerprint density at radius 3 is 2.72 bits per heavy atom. The Morgan fingerprint density at radius 2 is 1.96 bits per heavy atom. The maximum Gasteiger partial charge on any atom is 0.257 e. The lowest BCUT2D eigenvalue weighted by Crippen LogP contribution is -2.35. The lowest BCUT2D eigenvalue weighted by molar-refractivity contribution is 0.0760. The van der Waals surface area contributed by atoms with Gasteiger partial charge in [-0.1, -0.05) is 0 Å². The summed E-state index contributed by atoms with van der Waals surface area (Å²) in [5.74, 6) is 0.468. The number of carbonyl (C=O) groups is 1. The largest absolute Gasteiger partial charge is 0.494 e. The van der Waals surface area contributed by atoms with E-state index >= 15 is 0 Å². The smallest absolute Gasteiger partial charge is 0.257 e. The highest BCUT2D eigenvalue weighted by Crippen LogP contribution is 2.12. The SMILES string of the molecule is O=C(c1ccoc1)N1CCCN(CCCOc2ccc(F)cc2)CC1. The average Bonchev–Trinajstić information content (AvgIpc) is 3.06. The van der Waals surface area contributed by atoms with Gasteiger partial charge in [-0.05, 0) is 49.7 Å². The Hall–Kier alpha value is -2.34. The number of furan rings is 1. The lowest BCUT2D eigenvalue weighted by Gasteiger charge is -2.21. The third-order valence-corrected chi connectivity index (χ3v) is 4.34. The van der Waals surface area contributed by atoms with Gasteiger partial charge in [0.15, 0.2) is 0 Å². The van der Waals surface area contributed by atoms with E-state index in [0.29, 0.717) is 17.9 Å². The number of ether oxygens (including phenoxy) is 1. The summed E-state index contributed by atoms with van der Waals surface area (Å²) >= 11 is 0. The summed E-state index contributed by atoms with van der Waals surface area (Å²) in [5.41, 5.74) is 0.612. The van der Waals surface area contributed by atoms with Crippen molar-refractivity contribution in [3.05, 3.63) is 54.2 Å². The zero-order valence-electron chi connectivity index (χ0n) is 14.2. The third kappa shape index (κ3) is 5.06. The van der Waals surface area contributed by atoms with Crippen LogP contribution in [-0.4, -0.2) is 55.0 Å². The van der Waals surface area contributed by atoms with Gasteiger partial charge in [-0.25, -0.2) is 4.39 Å². The maximum atomic E-state index is 12.8. The normalized spacial score (nSPS) is 15.8. The first-order valence-electron chi connectivity index (χ1n) is 8.64. The number of carbonyl (C=O) groups excluding carboxylic acids is 1. The molecule has 2 heterocycles. The molecular formula is C19H23FN2O3. The van der Waals surface area contributed by atoms with Crippen molar-refractivity contribution >= 4 is 5.91 Å². The second-order valence-corrected chi connectivity index (χ2v) is 6.16. The van der Waals surface area contributed by atoms with Crippen molar-refractivity contribution < 1.29 is 18.3 Å². The van der Waals surface area contributed by atoms with E-state index in [0.717, 1.165) is 45.6 Å². The predicted molar refractivity (Wildman–Crippen MR) is 92.2 cm³/mol. The van der Waals surface area contributed by atoms with Gasteiger partial charge in [0, 0.05) is 26.2 Å². The summed E-state index contributed by atoms with van der Waals surface area (Å²) in [6.07, 6.45) is 4.88. The van der Waals surface area contributed by atoms with E-state index in [1.807, 2.05) is 4.90 Å². The number of halogens is 1. The van der Waals surface area contributed by atoms with Crippen molar-refractivity contribution in [1.82, 2.24) is 9.80 Å². The van der Waals surface area contributed by atoms with Gasteiger partial charge in [0.2, 0.25) is 0 Å². The van der Waals surface area contributed by atoms with E-state index in [1.54, 1.807) is 18.2 Å². The molecule has 6 heteroatoms. The zero-order chi connectivity index (χ0) is 17.5. The number of hydrogen-bond acceptors (Lipinski definition) is 4. The van der Waals surface area contributed by atoms with Gasteiger partial charge in [-0.15, -0.1) is 0 Å². The molecule has 0 radical (unpaired) electrons. The number of amides is 1. The van der Waals surface area contributed by atoms with E-state index in [2.05, 4.69) is 4.90 Å². The molecule has 5 nitrogen and oxygen atoms in total. The summed E-state index contributed by atoms with van der Waals surface area (Å²) in [6, 6.07) is 7.78.